The van der Waals surface area contributed by atoms with Crippen molar-refractivity contribution in [3.63, 3.8) is 0 Å². The Kier molecular flexibility index (Phi) is 3.25. The Morgan fingerprint density at radius 2 is 2.15 bits per heavy atom. The minimum absolute atomic E-state index is 0.304. The molecule has 1 unspecified atom stereocenters. The molecule has 0 spiro atoms. The maximum atomic E-state index is 10.6. The average molecular weight is 200 g/mol. The number of nitro groups is 1. The van der Waals surface area contributed by atoms with Crippen molar-refractivity contribution >= 4 is 11.6 Å². The second-order valence-electron chi connectivity index (χ2n) is 2.73. The summed E-state index contributed by atoms with van der Waals surface area (Å²) in [6, 6.07) is 6.20. The molecule has 4 heteroatoms. The molecular formula is C9H10ClNO2. The summed E-state index contributed by atoms with van der Waals surface area (Å²) in [6.07, 6.45) is 0.455. The second-order valence-corrected chi connectivity index (χ2v) is 3.14. The van der Waals surface area contributed by atoms with Crippen LogP contribution in [-0.2, 0) is 0 Å². The first kappa shape index (κ1) is 9.99. The van der Waals surface area contributed by atoms with E-state index < -0.39 is 6.04 Å². The Morgan fingerprint density at radius 1 is 1.54 bits per heavy atom. The van der Waals surface area contributed by atoms with Crippen LogP contribution in [0.3, 0.4) is 0 Å². The van der Waals surface area contributed by atoms with Gasteiger partial charge in [0.2, 0.25) is 6.04 Å². The fourth-order valence-electron chi connectivity index (χ4n) is 1.23. The maximum Gasteiger partial charge on any atom is 0.239 e. The van der Waals surface area contributed by atoms with Crippen molar-refractivity contribution in [3.8, 4) is 0 Å². The third-order valence-corrected chi connectivity index (χ3v) is 2.25. The molecule has 13 heavy (non-hydrogen) atoms. The molecule has 0 aromatic heterocycles. The van der Waals surface area contributed by atoms with Crippen molar-refractivity contribution in [3.05, 3.63) is 45.0 Å². The second kappa shape index (κ2) is 4.23. The molecule has 0 radical (unpaired) electrons. The molecule has 0 saturated heterocycles. The van der Waals surface area contributed by atoms with Crippen LogP contribution in [-0.4, -0.2) is 4.92 Å². The standard InChI is InChI=1S/C9H10ClNO2/c1-2-9(11(12)13)7-5-3-4-6-8(7)10/h3-6,9H,2H2,1H3. The summed E-state index contributed by atoms with van der Waals surface area (Å²) < 4.78 is 0. The van der Waals surface area contributed by atoms with Crippen LogP contribution in [0.2, 0.25) is 5.02 Å². The Bertz CT molecular complexity index is 314. The summed E-state index contributed by atoms with van der Waals surface area (Å²) >= 11 is 5.84. The van der Waals surface area contributed by atoms with E-state index in [1.165, 1.54) is 0 Å². The van der Waals surface area contributed by atoms with Gasteiger partial charge in [-0.15, -0.1) is 0 Å². The van der Waals surface area contributed by atoms with E-state index in [-0.39, 0.29) is 4.92 Å². The largest absolute Gasteiger partial charge is 0.264 e. The molecule has 3 nitrogen and oxygen atoms in total. The Labute approximate surface area is 81.5 Å². The molecule has 0 bridgehead atoms. The monoisotopic (exact) mass is 199 g/mol. The molecule has 1 atom stereocenters. The minimum atomic E-state index is -0.686. The highest BCUT2D eigenvalue weighted by Gasteiger charge is 2.22. The average Bonchev–Trinajstić information content (AvgIpc) is 2.09. The number of hydrogen-bond donors (Lipinski definition) is 0. The lowest BCUT2D eigenvalue weighted by molar-refractivity contribution is -0.529. The van der Waals surface area contributed by atoms with Gasteiger partial charge in [-0.3, -0.25) is 10.1 Å². The van der Waals surface area contributed by atoms with Crippen molar-refractivity contribution in [1.82, 2.24) is 0 Å². The van der Waals surface area contributed by atoms with Crippen LogP contribution < -0.4 is 0 Å². The molecule has 0 heterocycles. The van der Waals surface area contributed by atoms with Gasteiger partial charge in [-0.05, 0) is 6.07 Å². The molecular weight excluding hydrogens is 190 g/mol. The molecule has 0 fully saturated rings. The van der Waals surface area contributed by atoms with Gasteiger partial charge in [0.15, 0.2) is 0 Å². The minimum Gasteiger partial charge on any atom is -0.264 e. The van der Waals surface area contributed by atoms with Crippen molar-refractivity contribution in [2.45, 2.75) is 19.4 Å². The number of halogens is 1. The van der Waals surface area contributed by atoms with Crippen molar-refractivity contribution < 1.29 is 4.92 Å². The predicted octanol–water partition coefficient (Wildman–Crippen LogP) is 3.07. The van der Waals surface area contributed by atoms with Gasteiger partial charge in [0.1, 0.15) is 0 Å². The Morgan fingerprint density at radius 3 is 2.62 bits per heavy atom. The van der Waals surface area contributed by atoms with Crippen LogP contribution in [0.4, 0.5) is 0 Å². The van der Waals surface area contributed by atoms with E-state index in [1.54, 1.807) is 31.2 Å². The third-order valence-electron chi connectivity index (χ3n) is 1.91. The van der Waals surface area contributed by atoms with E-state index in [0.29, 0.717) is 17.0 Å². The number of benzene rings is 1. The fraction of sp³-hybridized carbons (Fsp3) is 0.333. The molecule has 0 aliphatic carbocycles. The number of nitrogens with zero attached hydrogens (tertiary/aromatic N) is 1. The molecule has 0 aliphatic rings. The zero-order chi connectivity index (χ0) is 9.84. The van der Waals surface area contributed by atoms with Crippen molar-refractivity contribution in [2.24, 2.45) is 0 Å². The SMILES string of the molecule is CCC(c1ccccc1Cl)[N+](=O)[O-]. The zero-order valence-corrected chi connectivity index (χ0v) is 7.99. The van der Waals surface area contributed by atoms with Crippen LogP contribution in [0, 0.1) is 10.1 Å². The van der Waals surface area contributed by atoms with E-state index in [1.807, 2.05) is 0 Å². The van der Waals surface area contributed by atoms with Gasteiger partial charge < -0.3 is 0 Å². The summed E-state index contributed by atoms with van der Waals surface area (Å²) in [5.74, 6) is 0. The quantitative estimate of drug-likeness (QED) is 0.555. The van der Waals surface area contributed by atoms with Gasteiger partial charge in [0.25, 0.3) is 0 Å². The molecule has 70 valence electrons. The lowest BCUT2D eigenvalue weighted by Crippen LogP contribution is -2.09. The molecule has 1 aromatic rings. The number of rotatable bonds is 3. The van der Waals surface area contributed by atoms with Crippen molar-refractivity contribution in [2.75, 3.05) is 0 Å². The highest BCUT2D eigenvalue weighted by atomic mass is 35.5. The van der Waals surface area contributed by atoms with Gasteiger partial charge in [-0.2, -0.15) is 0 Å². The Balaban J connectivity index is 3.04. The van der Waals surface area contributed by atoms with Crippen LogP contribution in [0.25, 0.3) is 0 Å². The van der Waals surface area contributed by atoms with Gasteiger partial charge in [-0.1, -0.05) is 36.7 Å². The molecule has 0 aliphatic heterocycles. The Hall–Kier alpha value is -1.09. The highest BCUT2D eigenvalue weighted by Crippen LogP contribution is 2.26. The van der Waals surface area contributed by atoms with Crippen LogP contribution >= 0.6 is 11.6 Å². The van der Waals surface area contributed by atoms with E-state index in [2.05, 4.69) is 0 Å². The third kappa shape index (κ3) is 2.18. The summed E-state index contributed by atoms with van der Waals surface area (Å²) in [7, 11) is 0. The normalized spacial score (nSPS) is 12.5. The molecule has 0 saturated carbocycles. The van der Waals surface area contributed by atoms with Crippen LogP contribution in [0.15, 0.2) is 24.3 Å². The lowest BCUT2D eigenvalue weighted by atomic mass is 10.1. The fourth-order valence-corrected chi connectivity index (χ4v) is 1.49. The molecule has 0 amide bonds. The topological polar surface area (TPSA) is 43.1 Å². The van der Waals surface area contributed by atoms with E-state index >= 15 is 0 Å². The molecule has 1 aromatic carbocycles. The van der Waals surface area contributed by atoms with E-state index in [0.717, 1.165) is 0 Å². The first-order valence-electron chi connectivity index (χ1n) is 4.04. The lowest BCUT2D eigenvalue weighted by Gasteiger charge is -2.08. The summed E-state index contributed by atoms with van der Waals surface area (Å²) in [5.41, 5.74) is 0.594. The smallest absolute Gasteiger partial charge is 0.239 e. The molecule has 0 N–H and O–H groups in total. The summed E-state index contributed by atoms with van der Waals surface area (Å²) in [5, 5.41) is 11.1. The van der Waals surface area contributed by atoms with Crippen LogP contribution in [0.1, 0.15) is 24.9 Å². The maximum absolute atomic E-state index is 10.6. The van der Waals surface area contributed by atoms with E-state index in [4.69, 9.17) is 11.6 Å². The van der Waals surface area contributed by atoms with E-state index in [9.17, 15) is 10.1 Å². The zero-order valence-electron chi connectivity index (χ0n) is 7.24. The first-order valence-corrected chi connectivity index (χ1v) is 4.42. The van der Waals surface area contributed by atoms with Gasteiger partial charge in [-0.25, -0.2) is 0 Å². The van der Waals surface area contributed by atoms with Gasteiger partial charge in [0.05, 0.1) is 5.02 Å². The van der Waals surface area contributed by atoms with Gasteiger partial charge >= 0.3 is 0 Å². The van der Waals surface area contributed by atoms with Crippen molar-refractivity contribution in [1.29, 1.82) is 0 Å². The molecule has 1 rings (SSSR count). The number of hydrogen-bond acceptors (Lipinski definition) is 2. The van der Waals surface area contributed by atoms with Crippen LogP contribution in [0.5, 0.6) is 0 Å². The summed E-state index contributed by atoms with van der Waals surface area (Å²) in [6.45, 7) is 1.77. The predicted molar refractivity (Wildman–Crippen MR) is 51.5 cm³/mol. The first-order chi connectivity index (χ1) is 6.16. The highest BCUT2D eigenvalue weighted by molar-refractivity contribution is 6.31. The summed E-state index contributed by atoms with van der Waals surface area (Å²) in [4.78, 5) is 10.3. The van der Waals surface area contributed by atoms with Gasteiger partial charge in [0, 0.05) is 16.9 Å².